The fourth-order valence-corrected chi connectivity index (χ4v) is 4.99. The molecule has 0 radical (unpaired) electrons. The molecule has 0 spiro atoms. The summed E-state index contributed by atoms with van der Waals surface area (Å²) < 4.78 is 26.6. The Balaban J connectivity index is 1.92. The number of ether oxygens (including phenoxy) is 1. The standard InChI is InChI=1S/C28H35FN6OS/c1-6-14-37-33-23(7-2)26(29)28(19(3)4)35-18-22(20-15-21(36-5)17-31-16-20)27-24(35)8-9-25(32-27)34-12-10-30-11-13-34/h7-9,15-18,30,33H,3,6,10-14H2,1-2,4-5H3/b23-7?,28-26-. The number of methoxy groups -OCH3 is 1. The van der Waals surface area contributed by atoms with Crippen molar-refractivity contribution >= 4 is 34.5 Å². The minimum Gasteiger partial charge on any atom is -0.495 e. The Labute approximate surface area is 222 Å². The molecule has 37 heavy (non-hydrogen) atoms. The summed E-state index contributed by atoms with van der Waals surface area (Å²) in [5, 5.41) is 3.38. The number of nitrogens with one attached hydrogen (secondary N) is 2. The van der Waals surface area contributed by atoms with Gasteiger partial charge in [-0.2, -0.15) is 0 Å². The molecule has 0 saturated carbocycles. The topological polar surface area (TPSA) is 67.2 Å². The molecule has 7 nitrogen and oxygen atoms in total. The van der Waals surface area contributed by atoms with Gasteiger partial charge in [0.2, 0.25) is 0 Å². The number of allylic oxidation sites excluding steroid dienone is 4. The molecule has 0 atom stereocenters. The Morgan fingerprint density at radius 3 is 2.76 bits per heavy atom. The molecule has 1 fully saturated rings. The zero-order chi connectivity index (χ0) is 26.4. The van der Waals surface area contributed by atoms with E-state index in [1.165, 1.54) is 11.9 Å². The molecule has 196 valence electrons. The van der Waals surface area contributed by atoms with Crippen molar-refractivity contribution in [3.8, 4) is 16.9 Å². The largest absolute Gasteiger partial charge is 0.495 e. The van der Waals surface area contributed by atoms with Crippen LogP contribution in [0.5, 0.6) is 5.75 Å². The van der Waals surface area contributed by atoms with E-state index in [0.29, 0.717) is 22.7 Å². The van der Waals surface area contributed by atoms with Gasteiger partial charge in [0.1, 0.15) is 11.6 Å². The molecule has 0 bridgehead atoms. The molecule has 4 heterocycles. The number of fused-ring (bicyclic) bond motifs is 1. The summed E-state index contributed by atoms with van der Waals surface area (Å²) in [6.45, 7) is 13.5. The van der Waals surface area contributed by atoms with Crippen molar-refractivity contribution in [3.63, 3.8) is 0 Å². The highest BCUT2D eigenvalue weighted by Gasteiger charge is 2.22. The van der Waals surface area contributed by atoms with Crippen LogP contribution in [0, 0.1) is 0 Å². The van der Waals surface area contributed by atoms with Gasteiger partial charge >= 0.3 is 0 Å². The van der Waals surface area contributed by atoms with E-state index in [2.05, 4.69) is 33.4 Å². The number of nitrogens with zero attached hydrogens (tertiary/aromatic N) is 4. The zero-order valence-electron chi connectivity index (χ0n) is 22.0. The fourth-order valence-electron chi connectivity index (χ4n) is 4.33. The third-order valence-electron chi connectivity index (χ3n) is 6.20. The Kier molecular flexibility index (Phi) is 8.89. The first-order valence-electron chi connectivity index (χ1n) is 12.6. The van der Waals surface area contributed by atoms with E-state index in [-0.39, 0.29) is 5.83 Å². The lowest BCUT2D eigenvalue weighted by molar-refractivity contribution is 0.413. The second kappa shape index (κ2) is 12.3. The maximum atomic E-state index is 16.1. The third-order valence-corrected chi connectivity index (χ3v) is 7.18. The summed E-state index contributed by atoms with van der Waals surface area (Å²) in [5.41, 5.74) is 4.68. The molecule has 3 aromatic rings. The zero-order valence-corrected chi connectivity index (χ0v) is 22.8. The van der Waals surface area contributed by atoms with E-state index in [1.54, 1.807) is 25.6 Å². The van der Waals surface area contributed by atoms with Crippen LogP contribution < -0.4 is 19.7 Å². The van der Waals surface area contributed by atoms with Gasteiger partial charge in [-0.15, -0.1) is 0 Å². The molecule has 0 aliphatic carbocycles. The van der Waals surface area contributed by atoms with Crippen LogP contribution in [0.4, 0.5) is 10.2 Å². The smallest absolute Gasteiger partial charge is 0.170 e. The Bertz CT molecular complexity index is 1330. The average Bonchev–Trinajstić information content (AvgIpc) is 3.30. The van der Waals surface area contributed by atoms with Crippen molar-refractivity contribution < 1.29 is 9.13 Å². The van der Waals surface area contributed by atoms with Crippen molar-refractivity contribution in [2.45, 2.75) is 27.2 Å². The summed E-state index contributed by atoms with van der Waals surface area (Å²) in [5.74, 6) is 2.06. The lowest BCUT2D eigenvalue weighted by Crippen LogP contribution is -2.43. The average molecular weight is 523 g/mol. The summed E-state index contributed by atoms with van der Waals surface area (Å²) in [6.07, 6.45) is 8.11. The second-order valence-electron chi connectivity index (χ2n) is 8.90. The molecule has 0 aromatic carbocycles. The normalized spacial score (nSPS) is 15.1. The molecule has 1 aliphatic rings. The minimum absolute atomic E-state index is 0.364. The number of rotatable bonds is 10. The predicted octanol–water partition coefficient (Wildman–Crippen LogP) is 5.78. The summed E-state index contributed by atoms with van der Waals surface area (Å²) >= 11 is 1.49. The van der Waals surface area contributed by atoms with Crippen LogP contribution in [0.2, 0.25) is 0 Å². The molecule has 3 aromatic heterocycles. The van der Waals surface area contributed by atoms with E-state index in [4.69, 9.17) is 9.72 Å². The van der Waals surface area contributed by atoms with E-state index in [9.17, 15) is 0 Å². The van der Waals surface area contributed by atoms with Gasteiger partial charge in [0.15, 0.2) is 5.83 Å². The monoisotopic (exact) mass is 522 g/mol. The number of pyridine rings is 2. The molecule has 1 aliphatic heterocycles. The van der Waals surface area contributed by atoms with Gasteiger partial charge in [-0.25, -0.2) is 9.37 Å². The number of piperazine rings is 1. The highest BCUT2D eigenvalue weighted by molar-refractivity contribution is 7.97. The Morgan fingerprint density at radius 1 is 1.30 bits per heavy atom. The summed E-state index contributed by atoms with van der Waals surface area (Å²) in [7, 11) is 1.62. The van der Waals surface area contributed by atoms with E-state index in [0.717, 1.165) is 66.3 Å². The van der Waals surface area contributed by atoms with Crippen molar-refractivity contribution in [1.82, 2.24) is 24.6 Å². The van der Waals surface area contributed by atoms with Crippen LogP contribution >= 0.6 is 11.9 Å². The van der Waals surface area contributed by atoms with Crippen LogP contribution in [-0.4, -0.2) is 53.6 Å². The van der Waals surface area contributed by atoms with E-state index in [1.807, 2.05) is 42.8 Å². The summed E-state index contributed by atoms with van der Waals surface area (Å²) in [4.78, 5) is 11.7. The lowest BCUT2D eigenvalue weighted by atomic mass is 10.1. The molecule has 4 rings (SSSR count). The van der Waals surface area contributed by atoms with Gasteiger partial charge in [0.25, 0.3) is 0 Å². The van der Waals surface area contributed by atoms with Gasteiger partial charge in [0, 0.05) is 55.5 Å². The number of aromatic nitrogens is 3. The first kappa shape index (κ1) is 26.8. The van der Waals surface area contributed by atoms with Crippen LogP contribution in [0.25, 0.3) is 27.9 Å². The van der Waals surface area contributed by atoms with Crippen molar-refractivity contribution in [2.75, 3.05) is 43.9 Å². The SMILES string of the molecule is C=C(C)/C(=C(/F)C(=CC)NSCCC)n1cc(-c2cncc(OC)c2)c2nc(N3CCNCC3)ccc21. The van der Waals surface area contributed by atoms with Gasteiger partial charge < -0.3 is 24.2 Å². The molecule has 9 heteroatoms. The van der Waals surface area contributed by atoms with Crippen LogP contribution in [-0.2, 0) is 0 Å². The summed E-state index contributed by atoms with van der Waals surface area (Å²) in [6, 6.07) is 5.95. The van der Waals surface area contributed by atoms with Crippen molar-refractivity contribution in [2.24, 2.45) is 0 Å². The van der Waals surface area contributed by atoms with Gasteiger partial charge in [-0.1, -0.05) is 31.5 Å². The number of anilines is 1. The highest BCUT2D eigenvalue weighted by atomic mass is 32.2. The predicted molar refractivity (Wildman–Crippen MR) is 153 cm³/mol. The number of halogens is 1. The maximum Gasteiger partial charge on any atom is 0.170 e. The first-order chi connectivity index (χ1) is 18.0. The number of hydrogen-bond acceptors (Lipinski definition) is 7. The first-order valence-corrected chi connectivity index (χ1v) is 13.5. The molecular formula is C28H35FN6OS. The van der Waals surface area contributed by atoms with Crippen LogP contribution in [0.3, 0.4) is 0 Å². The van der Waals surface area contributed by atoms with Crippen molar-refractivity contribution in [1.29, 1.82) is 0 Å². The second-order valence-corrected chi connectivity index (χ2v) is 9.80. The molecule has 1 saturated heterocycles. The van der Waals surface area contributed by atoms with Crippen LogP contribution in [0.1, 0.15) is 27.2 Å². The Morgan fingerprint density at radius 2 is 2.08 bits per heavy atom. The van der Waals surface area contributed by atoms with Crippen molar-refractivity contribution in [3.05, 3.63) is 66.5 Å². The van der Waals surface area contributed by atoms with Gasteiger partial charge in [-0.3, -0.25) is 4.98 Å². The molecular weight excluding hydrogens is 487 g/mol. The maximum absolute atomic E-state index is 16.1. The fraction of sp³-hybridized carbons (Fsp3) is 0.357. The lowest BCUT2D eigenvalue weighted by Gasteiger charge is -2.28. The minimum atomic E-state index is -0.364. The molecule has 2 N–H and O–H groups in total. The molecule has 0 unspecified atom stereocenters. The quantitative estimate of drug-likeness (QED) is 0.199. The number of hydrogen-bond donors (Lipinski definition) is 2. The third kappa shape index (κ3) is 5.83. The highest BCUT2D eigenvalue weighted by Crippen LogP contribution is 2.37. The van der Waals surface area contributed by atoms with Gasteiger partial charge in [0.05, 0.1) is 35.7 Å². The van der Waals surface area contributed by atoms with Gasteiger partial charge in [-0.05, 0) is 44.0 Å². The van der Waals surface area contributed by atoms with Crippen LogP contribution in [0.15, 0.2) is 66.5 Å². The van der Waals surface area contributed by atoms with E-state index >= 15 is 4.39 Å². The van der Waals surface area contributed by atoms with E-state index < -0.39 is 0 Å². The molecule has 0 amide bonds. The Hall–Kier alpha value is -3.30.